The van der Waals surface area contributed by atoms with Crippen LogP contribution in [0.4, 0.5) is 0 Å². The lowest BCUT2D eigenvalue weighted by Crippen LogP contribution is -2.42. The van der Waals surface area contributed by atoms with Gasteiger partial charge in [0.15, 0.2) is 0 Å². The molecule has 0 bridgehead atoms. The summed E-state index contributed by atoms with van der Waals surface area (Å²) in [7, 11) is -3.57. The van der Waals surface area contributed by atoms with E-state index in [2.05, 4.69) is 13.8 Å². The lowest BCUT2D eigenvalue weighted by Gasteiger charge is -2.34. The van der Waals surface area contributed by atoms with Crippen molar-refractivity contribution in [2.45, 2.75) is 25.2 Å². The van der Waals surface area contributed by atoms with Crippen molar-refractivity contribution in [1.29, 1.82) is 0 Å². The highest BCUT2D eigenvalue weighted by Crippen LogP contribution is 2.27. The van der Waals surface area contributed by atoms with Gasteiger partial charge in [0.05, 0.1) is 10.5 Å². The molecular weight excluding hydrogens is 386 g/mol. The van der Waals surface area contributed by atoms with Crippen molar-refractivity contribution in [3.63, 3.8) is 0 Å². The Kier molecular flexibility index (Phi) is 5.89. The Morgan fingerprint density at radius 3 is 2.30 bits per heavy atom. The number of halogens is 1. The van der Waals surface area contributed by atoms with E-state index in [1.807, 2.05) is 0 Å². The molecule has 0 spiro atoms. The summed E-state index contributed by atoms with van der Waals surface area (Å²) in [5.74, 6) is 0.424. The fraction of sp³-hybridized carbons (Fsp3) is 0.350. The number of esters is 1. The minimum absolute atomic E-state index is 0.183. The fourth-order valence-electron chi connectivity index (χ4n) is 3.41. The van der Waals surface area contributed by atoms with Crippen LogP contribution in [-0.2, 0) is 10.0 Å². The van der Waals surface area contributed by atoms with Crippen LogP contribution in [0.2, 0.25) is 5.02 Å². The Morgan fingerprint density at radius 1 is 1.07 bits per heavy atom. The van der Waals surface area contributed by atoms with E-state index < -0.39 is 16.0 Å². The van der Waals surface area contributed by atoms with Crippen LogP contribution >= 0.6 is 11.6 Å². The zero-order valence-corrected chi connectivity index (χ0v) is 16.8. The van der Waals surface area contributed by atoms with E-state index in [9.17, 15) is 13.2 Å². The summed E-state index contributed by atoms with van der Waals surface area (Å²) in [6.07, 6.45) is 1.03. The number of benzene rings is 2. The van der Waals surface area contributed by atoms with E-state index in [0.717, 1.165) is 6.42 Å². The molecule has 5 nitrogen and oxygen atoms in total. The molecule has 0 unspecified atom stereocenters. The number of rotatable bonds is 4. The van der Waals surface area contributed by atoms with Crippen molar-refractivity contribution in [3.8, 4) is 5.75 Å². The molecule has 2 aromatic rings. The predicted octanol–water partition coefficient (Wildman–Crippen LogP) is 4.23. The number of hydrogen-bond donors (Lipinski definition) is 0. The van der Waals surface area contributed by atoms with Gasteiger partial charge in [-0.2, -0.15) is 4.31 Å². The zero-order valence-electron chi connectivity index (χ0n) is 15.3. The lowest BCUT2D eigenvalue weighted by molar-refractivity contribution is 0.0734. The van der Waals surface area contributed by atoms with E-state index in [0.29, 0.717) is 35.7 Å². The third kappa shape index (κ3) is 4.69. The first-order valence-corrected chi connectivity index (χ1v) is 10.7. The van der Waals surface area contributed by atoms with Gasteiger partial charge in [0.2, 0.25) is 10.0 Å². The van der Waals surface area contributed by atoms with Gasteiger partial charge in [0.25, 0.3) is 0 Å². The molecule has 144 valence electrons. The smallest absolute Gasteiger partial charge is 0.343 e. The number of carbonyl (C=O) groups is 1. The van der Waals surface area contributed by atoms with E-state index in [-0.39, 0.29) is 10.5 Å². The monoisotopic (exact) mass is 407 g/mol. The van der Waals surface area contributed by atoms with Crippen LogP contribution < -0.4 is 4.74 Å². The molecule has 1 saturated heterocycles. The quantitative estimate of drug-likeness (QED) is 0.562. The van der Waals surface area contributed by atoms with E-state index in [4.69, 9.17) is 16.3 Å². The number of nitrogens with zero attached hydrogens (tertiary/aromatic N) is 1. The molecule has 1 aliphatic heterocycles. The van der Waals surface area contributed by atoms with Gasteiger partial charge in [-0.3, -0.25) is 0 Å². The molecule has 1 heterocycles. The molecule has 0 aromatic heterocycles. The fourth-order valence-corrected chi connectivity index (χ4v) is 5.27. The maximum absolute atomic E-state index is 12.9. The maximum atomic E-state index is 12.9. The number of hydrogen-bond acceptors (Lipinski definition) is 4. The Labute approximate surface area is 165 Å². The van der Waals surface area contributed by atoms with Crippen LogP contribution in [0.3, 0.4) is 0 Å². The molecule has 7 heteroatoms. The lowest BCUT2D eigenvalue weighted by atomic mass is 9.94. The minimum atomic E-state index is -3.57. The second-order valence-electron chi connectivity index (χ2n) is 7.14. The molecule has 2 atom stereocenters. The van der Waals surface area contributed by atoms with Gasteiger partial charge in [-0.05, 0) is 60.7 Å². The average Bonchev–Trinajstić information content (AvgIpc) is 2.61. The molecule has 2 aromatic carbocycles. The number of ether oxygens (including phenoxy) is 1. The van der Waals surface area contributed by atoms with Gasteiger partial charge < -0.3 is 4.74 Å². The highest BCUT2D eigenvalue weighted by Gasteiger charge is 2.31. The van der Waals surface area contributed by atoms with Crippen molar-refractivity contribution in [3.05, 3.63) is 59.1 Å². The first-order chi connectivity index (χ1) is 12.8. The Bertz CT molecular complexity index is 917. The van der Waals surface area contributed by atoms with Crippen LogP contribution in [0.5, 0.6) is 5.75 Å². The van der Waals surface area contributed by atoms with E-state index >= 15 is 0 Å². The minimum Gasteiger partial charge on any atom is -0.423 e. The van der Waals surface area contributed by atoms with Crippen molar-refractivity contribution < 1.29 is 17.9 Å². The highest BCUT2D eigenvalue weighted by atomic mass is 35.5. The first kappa shape index (κ1) is 19.9. The van der Waals surface area contributed by atoms with Crippen molar-refractivity contribution >= 4 is 27.6 Å². The molecule has 3 rings (SSSR count). The largest absolute Gasteiger partial charge is 0.423 e. The number of piperidine rings is 1. The normalized spacial score (nSPS) is 21.0. The Balaban J connectivity index is 1.75. The van der Waals surface area contributed by atoms with Crippen LogP contribution in [0.15, 0.2) is 53.4 Å². The summed E-state index contributed by atoms with van der Waals surface area (Å²) >= 11 is 5.88. The van der Waals surface area contributed by atoms with Crippen LogP contribution in [0.1, 0.15) is 30.6 Å². The number of sulfonamides is 1. The molecule has 27 heavy (non-hydrogen) atoms. The summed E-state index contributed by atoms with van der Waals surface area (Å²) in [5.41, 5.74) is 0.273. The molecular formula is C20H22ClNO4S. The Morgan fingerprint density at radius 2 is 1.70 bits per heavy atom. The van der Waals surface area contributed by atoms with Crippen molar-refractivity contribution in [1.82, 2.24) is 4.31 Å². The average molecular weight is 408 g/mol. The first-order valence-electron chi connectivity index (χ1n) is 8.83. The third-order valence-corrected chi connectivity index (χ3v) is 6.65. The standard InChI is InChI=1S/C20H22ClNO4S/c1-14-10-15(2)13-22(12-14)27(24,25)19-8-6-16(7-9-19)20(23)26-18-5-3-4-17(21)11-18/h3-9,11,14-15H,10,12-13H2,1-2H3/t14-,15+. The van der Waals surface area contributed by atoms with E-state index in [1.165, 1.54) is 34.6 Å². The maximum Gasteiger partial charge on any atom is 0.343 e. The van der Waals surface area contributed by atoms with E-state index in [1.54, 1.807) is 18.2 Å². The van der Waals surface area contributed by atoms with Crippen LogP contribution in [-0.4, -0.2) is 31.8 Å². The SMILES string of the molecule is C[C@@H]1C[C@H](C)CN(S(=O)(=O)c2ccc(C(=O)Oc3cccc(Cl)c3)cc2)C1. The molecule has 0 amide bonds. The zero-order chi connectivity index (χ0) is 19.6. The van der Waals surface area contributed by atoms with Gasteiger partial charge in [0, 0.05) is 18.1 Å². The topological polar surface area (TPSA) is 63.7 Å². The summed E-state index contributed by atoms with van der Waals surface area (Å²) in [5, 5.41) is 0.465. The Hall–Kier alpha value is -1.89. The molecule has 0 aliphatic carbocycles. The van der Waals surface area contributed by atoms with Crippen molar-refractivity contribution in [2.24, 2.45) is 11.8 Å². The molecule has 0 N–H and O–H groups in total. The third-order valence-electron chi connectivity index (χ3n) is 4.57. The van der Waals surface area contributed by atoms with Crippen molar-refractivity contribution in [2.75, 3.05) is 13.1 Å². The molecule has 0 radical (unpaired) electrons. The van der Waals surface area contributed by atoms with Crippen LogP contribution in [0, 0.1) is 11.8 Å². The second-order valence-corrected chi connectivity index (χ2v) is 9.51. The molecule has 1 fully saturated rings. The summed E-state index contributed by atoms with van der Waals surface area (Å²) < 4.78 is 32.6. The van der Waals surface area contributed by atoms with Gasteiger partial charge >= 0.3 is 5.97 Å². The van der Waals surface area contributed by atoms with Crippen LogP contribution in [0.25, 0.3) is 0 Å². The molecule has 1 aliphatic rings. The summed E-state index contributed by atoms with van der Waals surface area (Å²) in [6, 6.07) is 12.4. The van der Waals surface area contributed by atoms with Gasteiger partial charge in [-0.1, -0.05) is 31.5 Å². The van der Waals surface area contributed by atoms with Gasteiger partial charge in [-0.25, -0.2) is 13.2 Å². The second kappa shape index (κ2) is 8.00. The van der Waals surface area contributed by atoms with Gasteiger partial charge in [0.1, 0.15) is 5.75 Å². The molecule has 0 saturated carbocycles. The summed E-state index contributed by atoms with van der Waals surface area (Å²) in [4.78, 5) is 12.4. The van der Waals surface area contributed by atoms with Gasteiger partial charge in [-0.15, -0.1) is 0 Å². The summed E-state index contributed by atoms with van der Waals surface area (Å²) in [6.45, 7) is 5.16. The predicted molar refractivity (Wildman–Crippen MR) is 105 cm³/mol. The number of carbonyl (C=O) groups excluding carboxylic acids is 1. The highest BCUT2D eigenvalue weighted by molar-refractivity contribution is 7.89.